The monoisotopic (exact) mass is 242 g/mol. The molecule has 0 aromatic rings. The van der Waals surface area contributed by atoms with E-state index in [-0.39, 0.29) is 17.9 Å². The van der Waals surface area contributed by atoms with E-state index < -0.39 is 0 Å². The topological polar surface area (TPSA) is 64.3 Å². The number of rotatable bonds is 7. The second-order valence-corrected chi connectivity index (χ2v) is 4.99. The summed E-state index contributed by atoms with van der Waals surface area (Å²) in [4.78, 5) is 11.9. The number of nitrogens with two attached hydrogens (primary N) is 1. The van der Waals surface area contributed by atoms with Crippen LogP contribution in [0.5, 0.6) is 0 Å². The standard InChI is InChI=1S/C13H26N2O2/c1-3-12-11(6-8-17-12)13(16)15-7-4-5-10(2)9-14/h10-12H,3-9,14H2,1-2H3,(H,15,16). The van der Waals surface area contributed by atoms with Gasteiger partial charge in [-0.3, -0.25) is 4.79 Å². The van der Waals surface area contributed by atoms with Gasteiger partial charge in [0, 0.05) is 13.2 Å². The number of nitrogens with one attached hydrogen (secondary N) is 1. The van der Waals surface area contributed by atoms with E-state index in [4.69, 9.17) is 10.5 Å². The maximum atomic E-state index is 11.9. The molecule has 0 aromatic heterocycles. The van der Waals surface area contributed by atoms with Crippen LogP contribution in [0.4, 0.5) is 0 Å². The van der Waals surface area contributed by atoms with Gasteiger partial charge in [-0.1, -0.05) is 13.8 Å². The van der Waals surface area contributed by atoms with Gasteiger partial charge in [0.15, 0.2) is 0 Å². The van der Waals surface area contributed by atoms with Gasteiger partial charge in [0.1, 0.15) is 0 Å². The van der Waals surface area contributed by atoms with Crippen molar-refractivity contribution in [2.75, 3.05) is 19.7 Å². The summed E-state index contributed by atoms with van der Waals surface area (Å²) >= 11 is 0. The third-order valence-electron chi connectivity index (χ3n) is 3.52. The van der Waals surface area contributed by atoms with E-state index in [0.717, 1.165) is 45.4 Å². The molecule has 1 aliphatic heterocycles. The Morgan fingerprint density at radius 2 is 2.35 bits per heavy atom. The fourth-order valence-electron chi connectivity index (χ4n) is 2.26. The van der Waals surface area contributed by atoms with E-state index in [1.54, 1.807) is 0 Å². The summed E-state index contributed by atoms with van der Waals surface area (Å²) in [6, 6.07) is 0. The van der Waals surface area contributed by atoms with Crippen molar-refractivity contribution in [1.29, 1.82) is 0 Å². The molecule has 0 saturated carbocycles. The van der Waals surface area contributed by atoms with Crippen molar-refractivity contribution in [3.05, 3.63) is 0 Å². The highest BCUT2D eigenvalue weighted by Crippen LogP contribution is 2.23. The van der Waals surface area contributed by atoms with Gasteiger partial charge < -0.3 is 15.8 Å². The van der Waals surface area contributed by atoms with Crippen molar-refractivity contribution in [3.8, 4) is 0 Å². The van der Waals surface area contributed by atoms with Crippen molar-refractivity contribution in [2.45, 2.75) is 45.6 Å². The molecular weight excluding hydrogens is 216 g/mol. The lowest BCUT2D eigenvalue weighted by atomic mass is 9.98. The predicted octanol–water partition coefficient (Wildman–Crippen LogP) is 1.29. The number of carbonyl (C=O) groups excluding carboxylic acids is 1. The number of carbonyl (C=O) groups is 1. The molecule has 1 fully saturated rings. The molecule has 1 aliphatic rings. The molecule has 1 heterocycles. The molecule has 0 bridgehead atoms. The van der Waals surface area contributed by atoms with Crippen LogP contribution in [0.3, 0.4) is 0 Å². The van der Waals surface area contributed by atoms with Crippen molar-refractivity contribution in [3.63, 3.8) is 0 Å². The molecule has 0 aromatic carbocycles. The van der Waals surface area contributed by atoms with Crippen LogP contribution in [0.1, 0.15) is 39.5 Å². The molecule has 4 nitrogen and oxygen atoms in total. The SMILES string of the molecule is CCC1OCCC1C(=O)NCCCC(C)CN. The minimum atomic E-state index is 0.0620. The Bertz CT molecular complexity index is 233. The Kier molecular flexibility index (Phi) is 6.52. The van der Waals surface area contributed by atoms with Gasteiger partial charge in [0.25, 0.3) is 0 Å². The third-order valence-corrected chi connectivity index (χ3v) is 3.52. The Balaban J connectivity index is 2.16. The minimum Gasteiger partial charge on any atom is -0.377 e. The summed E-state index contributed by atoms with van der Waals surface area (Å²) in [6.45, 7) is 6.41. The summed E-state index contributed by atoms with van der Waals surface area (Å²) < 4.78 is 5.52. The Hall–Kier alpha value is -0.610. The summed E-state index contributed by atoms with van der Waals surface area (Å²) in [7, 11) is 0. The first-order valence-corrected chi connectivity index (χ1v) is 6.78. The van der Waals surface area contributed by atoms with Crippen LogP contribution in [0.25, 0.3) is 0 Å². The number of ether oxygens (including phenoxy) is 1. The second kappa shape index (κ2) is 7.67. The van der Waals surface area contributed by atoms with E-state index in [0.29, 0.717) is 5.92 Å². The lowest BCUT2D eigenvalue weighted by molar-refractivity contribution is -0.126. The van der Waals surface area contributed by atoms with Crippen molar-refractivity contribution in [1.82, 2.24) is 5.32 Å². The average molecular weight is 242 g/mol. The summed E-state index contributed by atoms with van der Waals surface area (Å²) in [5.41, 5.74) is 5.55. The van der Waals surface area contributed by atoms with Gasteiger partial charge in [-0.25, -0.2) is 0 Å². The molecule has 4 heteroatoms. The molecule has 3 N–H and O–H groups in total. The second-order valence-electron chi connectivity index (χ2n) is 4.99. The normalized spacial score (nSPS) is 25.8. The number of hydrogen-bond donors (Lipinski definition) is 2. The fraction of sp³-hybridized carbons (Fsp3) is 0.923. The highest BCUT2D eigenvalue weighted by molar-refractivity contribution is 5.79. The predicted molar refractivity (Wildman–Crippen MR) is 68.6 cm³/mol. The molecular formula is C13H26N2O2. The lowest BCUT2D eigenvalue weighted by Crippen LogP contribution is -2.35. The molecule has 1 amide bonds. The maximum absolute atomic E-state index is 11.9. The van der Waals surface area contributed by atoms with Crippen LogP contribution >= 0.6 is 0 Å². The molecule has 1 rings (SSSR count). The first-order valence-electron chi connectivity index (χ1n) is 6.78. The van der Waals surface area contributed by atoms with Crippen LogP contribution in [0.15, 0.2) is 0 Å². The van der Waals surface area contributed by atoms with Gasteiger partial charge in [0.2, 0.25) is 5.91 Å². The molecule has 0 aliphatic carbocycles. The van der Waals surface area contributed by atoms with E-state index >= 15 is 0 Å². The number of amides is 1. The van der Waals surface area contributed by atoms with Gasteiger partial charge in [-0.15, -0.1) is 0 Å². The van der Waals surface area contributed by atoms with E-state index in [2.05, 4.69) is 19.2 Å². The lowest BCUT2D eigenvalue weighted by Gasteiger charge is -2.16. The Morgan fingerprint density at radius 3 is 3.00 bits per heavy atom. The summed E-state index contributed by atoms with van der Waals surface area (Å²) in [5.74, 6) is 0.770. The first-order chi connectivity index (χ1) is 8.19. The van der Waals surface area contributed by atoms with Crippen LogP contribution in [0, 0.1) is 11.8 Å². The molecule has 0 radical (unpaired) electrons. The first kappa shape index (κ1) is 14.5. The molecule has 17 heavy (non-hydrogen) atoms. The molecule has 1 saturated heterocycles. The Labute approximate surface area is 104 Å². The number of hydrogen-bond acceptors (Lipinski definition) is 3. The highest BCUT2D eigenvalue weighted by Gasteiger charge is 2.32. The van der Waals surface area contributed by atoms with Crippen molar-refractivity contribution in [2.24, 2.45) is 17.6 Å². The van der Waals surface area contributed by atoms with Crippen LogP contribution in [0.2, 0.25) is 0 Å². The molecule has 0 spiro atoms. The largest absolute Gasteiger partial charge is 0.377 e. The van der Waals surface area contributed by atoms with Gasteiger partial charge in [-0.2, -0.15) is 0 Å². The molecule has 100 valence electrons. The van der Waals surface area contributed by atoms with Gasteiger partial charge >= 0.3 is 0 Å². The van der Waals surface area contributed by atoms with Crippen LogP contribution in [-0.2, 0) is 9.53 Å². The minimum absolute atomic E-state index is 0.0620. The Morgan fingerprint density at radius 1 is 1.59 bits per heavy atom. The zero-order chi connectivity index (χ0) is 12.7. The van der Waals surface area contributed by atoms with E-state index in [9.17, 15) is 4.79 Å². The van der Waals surface area contributed by atoms with Crippen molar-refractivity contribution < 1.29 is 9.53 Å². The summed E-state index contributed by atoms with van der Waals surface area (Å²) in [6.07, 6.45) is 3.99. The van der Waals surface area contributed by atoms with E-state index in [1.165, 1.54) is 0 Å². The van der Waals surface area contributed by atoms with Crippen LogP contribution in [-0.4, -0.2) is 31.7 Å². The average Bonchev–Trinajstić information content (AvgIpc) is 2.82. The zero-order valence-electron chi connectivity index (χ0n) is 11.1. The maximum Gasteiger partial charge on any atom is 0.225 e. The smallest absolute Gasteiger partial charge is 0.225 e. The summed E-state index contributed by atoms with van der Waals surface area (Å²) in [5, 5.41) is 3.01. The fourth-order valence-corrected chi connectivity index (χ4v) is 2.26. The van der Waals surface area contributed by atoms with Gasteiger partial charge in [-0.05, 0) is 38.1 Å². The highest BCUT2D eigenvalue weighted by atomic mass is 16.5. The quantitative estimate of drug-likeness (QED) is 0.661. The van der Waals surface area contributed by atoms with Gasteiger partial charge in [0.05, 0.1) is 12.0 Å². The molecule has 3 unspecified atom stereocenters. The molecule has 3 atom stereocenters. The van der Waals surface area contributed by atoms with Crippen molar-refractivity contribution >= 4 is 5.91 Å². The van der Waals surface area contributed by atoms with Crippen LogP contribution < -0.4 is 11.1 Å². The zero-order valence-corrected chi connectivity index (χ0v) is 11.1. The van der Waals surface area contributed by atoms with E-state index in [1.807, 2.05) is 0 Å². The third kappa shape index (κ3) is 4.64.